The van der Waals surface area contributed by atoms with Crippen LogP contribution in [0.1, 0.15) is 12.8 Å². The van der Waals surface area contributed by atoms with Crippen molar-refractivity contribution >= 4 is 38.3 Å². The number of rotatable bonds is 3. The van der Waals surface area contributed by atoms with Crippen LogP contribution in [0.25, 0.3) is 10.2 Å². The van der Waals surface area contributed by atoms with Gasteiger partial charge in [0.1, 0.15) is 17.6 Å². The normalized spacial score (nSPS) is 15.8. The van der Waals surface area contributed by atoms with Crippen molar-refractivity contribution in [3.63, 3.8) is 0 Å². The molecule has 24 heavy (non-hydrogen) atoms. The number of ether oxygens (including phenoxy) is 1. The van der Waals surface area contributed by atoms with Crippen LogP contribution in [0, 0.1) is 0 Å². The van der Waals surface area contributed by atoms with Gasteiger partial charge in [0.05, 0.1) is 10.2 Å². The maximum atomic E-state index is 9.93. The number of piperidine rings is 1. The maximum Gasteiger partial charge on any atom is 0.186 e. The highest BCUT2D eigenvalue weighted by Crippen LogP contribution is 2.35. The molecule has 1 aromatic heterocycles. The molecule has 1 aliphatic heterocycles. The number of fused-ring (bicyclic) bond motifs is 1. The smallest absolute Gasteiger partial charge is 0.186 e. The first-order valence-corrected chi connectivity index (χ1v) is 9.14. The zero-order valence-electron chi connectivity index (χ0n) is 13.0. The Morgan fingerprint density at radius 2 is 1.96 bits per heavy atom. The minimum atomic E-state index is 0.197. The third-order valence-corrected chi connectivity index (χ3v) is 5.58. The lowest BCUT2D eigenvalue weighted by atomic mass is 10.1. The molecule has 1 saturated heterocycles. The molecule has 0 atom stereocenters. The van der Waals surface area contributed by atoms with E-state index in [0.29, 0.717) is 10.8 Å². The third kappa shape index (κ3) is 3.14. The Labute approximate surface area is 149 Å². The molecule has 124 valence electrons. The summed E-state index contributed by atoms with van der Waals surface area (Å²) in [6.45, 7) is 1.79. The molecule has 4 rings (SSSR count). The first kappa shape index (κ1) is 15.5. The Kier molecular flexibility index (Phi) is 4.21. The van der Waals surface area contributed by atoms with E-state index in [-0.39, 0.29) is 6.10 Å². The Balaban J connectivity index is 1.42. The zero-order valence-corrected chi connectivity index (χ0v) is 14.6. The van der Waals surface area contributed by atoms with Crippen LogP contribution >= 0.6 is 22.9 Å². The van der Waals surface area contributed by atoms with E-state index in [1.807, 2.05) is 36.4 Å². The van der Waals surface area contributed by atoms with Crippen LogP contribution in [-0.2, 0) is 0 Å². The SMILES string of the molecule is Oc1cccc2nc(N3CCC(Oc4cccc(Cl)c4)CC3)sc12. The summed E-state index contributed by atoms with van der Waals surface area (Å²) in [6.07, 6.45) is 2.07. The highest BCUT2D eigenvalue weighted by Gasteiger charge is 2.23. The molecule has 0 radical (unpaired) electrons. The second-order valence-electron chi connectivity index (χ2n) is 5.88. The number of nitrogens with zero attached hydrogens (tertiary/aromatic N) is 2. The molecule has 1 aliphatic rings. The quantitative estimate of drug-likeness (QED) is 0.735. The number of benzene rings is 2. The fraction of sp³-hybridized carbons (Fsp3) is 0.278. The Bertz CT molecular complexity index is 859. The van der Waals surface area contributed by atoms with Crippen LogP contribution in [0.15, 0.2) is 42.5 Å². The second kappa shape index (κ2) is 6.49. The Morgan fingerprint density at radius 1 is 1.17 bits per heavy atom. The van der Waals surface area contributed by atoms with E-state index >= 15 is 0 Å². The van der Waals surface area contributed by atoms with Crippen LogP contribution in [-0.4, -0.2) is 29.3 Å². The number of hydrogen-bond acceptors (Lipinski definition) is 5. The predicted molar refractivity (Wildman–Crippen MR) is 98.6 cm³/mol. The summed E-state index contributed by atoms with van der Waals surface area (Å²) >= 11 is 7.55. The van der Waals surface area contributed by atoms with Crippen molar-refractivity contribution in [3.05, 3.63) is 47.5 Å². The number of aromatic nitrogens is 1. The lowest BCUT2D eigenvalue weighted by Crippen LogP contribution is -2.38. The summed E-state index contributed by atoms with van der Waals surface area (Å²) in [5.74, 6) is 1.13. The van der Waals surface area contributed by atoms with Crippen molar-refractivity contribution in [1.82, 2.24) is 4.98 Å². The van der Waals surface area contributed by atoms with Gasteiger partial charge in [0.25, 0.3) is 0 Å². The summed E-state index contributed by atoms with van der Waals surface area (Å²) in [6, 6.07) is 13.0. The highest BCUT2D eigenvalue weighted by molar-refractivity contribution is 7.22. The van der Waals surface area contributed by atoms with E-state index in [2.05, 4.69) is 9.88 Å². The molecule has 0 unspecified atom stereocenters. The topological polar surface area (TPSA) is 45.6 Å². The molecule has 0 amide bonds. The number of anilines is 1. The largest absolute Gasteiger partial charge is 0.506 e. The molecule has 2 heterocycles. The average Bonchev–Trinajstić information content (AvgIpc) is 3.01. The van der Waals surface area contributed by atoms with Crippen molar-refractivity contribution in [2.45, 2.75) is 18.9 Å². The Hall–Kier alpha value is -1.98. The molecular weight excluding hydrogens is 344 g/mol. The standard InChI is InChI=1S/C18H17ClN2O2S/c19-12-3-1-4-14(11-12)23-13-7-9-21(10-8-13)18-20-15-5-2-6-16(22)17(15)24-18/h1-6,11,13,22H,7-10H2. The molecular formula is C18H17ClN2O2S. The van der Waals surface area contributed by atoms with E-state index < -0.39 is 0 Å². The van der Waals surface area contributed by atoms with Gasteiger partial charge in [-0.15, -0.1) is 0 Å². The van der Waals surface area contributed by atoms with Crippen molar-refractivity contribution in [3.8, 4) is 11.5 Å². The molecule has 1 N–H and O–H groups in total. The molecule has 0 aliphatic carbocycles. The minimum Gasteiger partial charge on any atom is -0.506 e. The van der Waals surface area contributed by atoms with E-state index in [9.17, 15) is 5.11 Å². The first-order chi connectivity index (χ1) is 11.7. The lowest BCUT2D eigenvalue weighted by Gasteiger charge is -2.31. The number of thiazole rings is 1. The van der Waals surface area contributed by atoms with Crippen LogP contribution < -0.4 is 9.64 Å². The van der Waals surface area contributed by atoms with Gasteiger partial charge < -0.3 is 14.7 Å². The fourth-order valence-electron chi connectivity index (χ4n) is 2.96. The summed E-state index contributed by atoms with van der Waals surface area (Å²) in [5.41, 5.74) is 0.854. The summed E-state index contributed by atoms with van der Waals surface area (Å²) in [4.78, 5) is 6.91. The van der Waals surface area contributed by atoms with Crippen LogP contribution in [0.3, 0.4) is 0 Å². The van der Waals surface area contributed by atoms with Gasteiger partial charge in [-0.2, -0.15) is 0 Å². The minimum absolute atomic E-state index is 0.197. The van der Waals surface area contributed by atoms with E-state index in [1.54, 1.807) is 17.4 Å². The van der Waals surface area contributed by atoms with Gasteiger partial charge in [0.15, 0.2) is 5.13 Å². The van der Waals surface area contributed by atoms with Gasteiger partial charge in [0.2, 0.25) is 0 Å². The van der Waals surface area contributed by atoms with Crippen LogP contribution in [0.5, 0.6) is 11.5 Å². The molecule has 3 aromatic rings. The van der Waals surface area contributed by atoms with Gasteiger partial charge in [-0.3, -0.25) is 0 Å². The van der Waals surface area contributed by atoms with Gasteiger partial charge in [-0.25, -0.2) is 4.98 Å². The number of phenolic OH excluding ortho intramolecular Hbond substituents is 1. The molecule has 4 nitrogen and oxygen atoms in total. The third-order valence-electron chi connectivity index (χ3n) is 4.19. The van der Waals surface area contributed by atoms with Gasteiger partial charge in [0, 0.05) is 31.0 Å². The first-order valence-electron chi connectivity index (χ1n) is 7.95. The van der Waals surface area contributed by atoms with Crippen LogP contribution in [0.4, 0.5) is 5.13 Å². The molecule has 0 bridgehead atoms. The van der Waals surface area contributed by atoms with E-state index in [0.717, 1.165) is 47.0 Å². The lowest BCUT2D eigenvalue weighted by molar-refractivity contribution is 0.171. The van der Waals surface area contributed by atoms with E-state index in [1.165, 1.54) is 0 Å². The van der Waals surface area contributed by atoms with Crippen molar-refractivity contribution in [2.24, 2.45) is 0 Å². The van der Waals surface area contributed by atoms with Crippen molar-refractivity contribution in [1.29, 1.82) is 0 Å². The van der Waals surface area contributed by atoms with E-state index in [4.69, 9.17) is 16.3 Å². The molecule has 6 heteroatoms. The summed E-state index contributed by atoms with van der Waals surface area (Å²) < 4.78 is 6.88. The predicted octanol–water partition coefficient (Wildman–Crippen LogP) is 4.70. The highest BCUT2D eigenvalue weighted by atomic mass is 35.5. The maximum absolute atomic E-state index is 9.93. The van der Waals surface area contributed by atoms with Crippen molar-refractivity contribution in [2.75, 3.05) is 18.0 Å². The second-order valence-corrected chi connectivity index (χ2v) is 7.30. The van der Waals surface area contributed by atoms with Gasteiger partial charge in [-0.05, 0) is 30.3 Å². The fourth-order valence-corrected chi connectivity index (χ4v) is 4.17. The average molecular weight is 361 g/mol. The molecule has 0 spiro atoms. The molecule has 2 aromatic carbocycles. The number of phenols is 1. The number of aromatic hydroxyl groups is 1. The van der Waals surface area contributed by atoms with Crippen molar-refractivity contribution < 1.29 is 9.84 Å². The van der Waals surface area contributed by atoms with Gasteiger partial charge >= 0.3 is 0 Å². The van der Waals surface area contributed by atoms with Crippen LogP contribution in [0.2, 0.25) is 5.02 Å². The number of halogens is 1. The molecule has 1 fully saturated rings. The van der Waals surface area contributed by atoms with Gasteiger partial charge in [-0.1, -0.05) is 35.1 Å². The summed E-state index contributed by atoms with van der Waals surface area (Å²) in [5, 5.41) is 11.6. The molecule has 0 saturated carbocycles. The summed E-state index contributed by atoms with van der Waals surface area (Å²) in [7, 11) is 0. The zero-order chi connectivity index (χ0) is 16.5. The number of hydrogen-bond donors (Lipinski definition) is 1. The Morgan fingerprint density at radius 3 is 2.71 bits per heavy atom. The monoisotopic (exact) mass is 360 g/mol.